The number of nitrogens with zero attached hydrogens (tertiary/aromatic N) is 2. The molecule has 8 heteroatoms. The van der Waals surface area contributed by atoms with E-state index in [4.69, 9.17) is 5.73 Å². The lowest BCUT2D eigenvalue weighted by atomic mass is 9.99. The summed E-state index contributed by atoms with van der Waals surface area (Å²) in [5.41, 5.74) is 4.44. The normalized spacial score (nSPS) is 23.9. The molecule has 0 spiro atoms. The van der Waals surface area contributed by atoms with E-state index in [-0.39, 0.29) is 17.0 Å². The average Bonchev–Trinajstić information content (AvgIpc) is 2.65. The van der Waals surface area contributed by atoms with Crippen LogP contribution >= 0.6 is 0 Å². The van der Waals surface area contributed by atoms with Gasteiger partial charge < -0.3 is 15.9 Å². The van der Waals surface area contributed by atoms with E-state index in [0.29, 0.717) is 11.1 Å². The summed E-state index contributed by atoms with van der Waals surface area (Å²) >= 11 is 0. The van der Waals surface area contributed by atoms with Gasteiger partial charge in [0, 0.05) is 11.8 Å². The second-order valence-electron chi connectivity index (χ2n) is 5.46. The van der Waals surface area contributed by atoms with Gasteiger partial charge in [-0.3, -0.25) is 14.5 Å². The molecule has 114 valence electrons. The van der Waals surface area contributed by atoms with E-state index >= 15 is 0 Å². The number of amides is 1. The van der Waals surface area contributed by atoms with Crippen molar-refractivity contribution in [2.24, 2.45) is 5.73 Å². The minimum absolute atomic E-state index is 0.0630. The highest BCUT2D eigenvalue weighted by Crippen LogP contribution is 2.29. The zero-order valence-corrected chi connectivity index (χ0v) is 11.7. The van der Waals surface area contributed by atoms with Crippen LogP contribution in [0.25, 0.3) is 0 Å². The van der Waals surface area contributed by atoms with Crippen molar-refractivity contribution < 1.29 is 10.0 Å². The second kappa shape index (κ2) is 4.57. The Kier molecular flexibility index (Phi) is 2.92. The highest BCUT2D eigenvalue weighted by molar-refractivity contribution is 6.12. The number of H-pyrrole nitrogens is 1. The molecule has 3 rings (SSSR count). The van der Waals surface area contributed by atoms with Crippen molar-refractivity contribution in [3.8, 4) is 0 Å². The van der Waals surface area contributed by atoms with Crippen LogP contribution < -0.4 is 21.9 Å². The molecule has 1 unspecified atom stereocenters. The number of rotatable bonds is 1. The van der Waals surface area contributed by atoms with Crippen LogP contribution in [0.5, 0.6) is 0 Å². The summed E-state index contributed by atoms with van der Waals surface area (Å²) in [7, 11) is 0. The SMILES string of the molecule is CC1(N)C=CC=C2C(=O)N(c3c[nH]c(=O)n(O)c3=O)CC2=C1. The number of fused-ring (bicyclic) bond motifs is 1. The topological polar surface area (TPSA) is 121 Å². The van der Waals surface area contributed by atoms with E-state index in [1.54, 1.807) is 31.2 Å². The summed E-state index contributed by atoms with van der Waals surface area (Å²) in [5, 5.41) is 9.38. The summed E-state index contributed by atoms with van der Waals surface area (Å²) in [5.74, 6) is -0.391. The maximum Gasteiger partial charge on any atom is 0.361 e. The molecule has 0 saturated carbocycles. The lowest BCUT2D eigenvalue weighted by Crippen LogP contribution is -2.39. The minimum Gasteiger partial charge on any atom is -0.421 e. The largest absolute Gasteiger partial charge is 0.421 e. The summed E-state index contributed by atoms with van der Waals surface area (Å²) < 4.78 is -0.0630. The Morgan fingerprint density at radius 1 is 1.36 bits per heavy atom. The molecule has 2 aliphatic rings. The van der Waals surface area contributed by atoms with Crippen LogP contribution in [0.3, 0.4) is 0 Å². The first-order chi connectivity index (χ1) is 10.3. The molecular weight excluding hydrogens is 288 g/mol. The van der Waals surface area contributed by atoms with E-state index < -0.39 is 22.7 Å². The smallest absolute Gasteiger partial charge is 0.361 e. The molecular formula is C14H14N4O4. The molecule has 1 saturated heterocycles. The second-order valence-corrected chi connectivity index (χ2v) is 5.46. The van der Waals surface area contributed by atoms with Crippen molar-refractivity contribution in [2.45, 2.75) is 12.5 Å². The highest BCUT2D eigenvalue weighted by atomic mass is 16.5. The van der Waals surface area contributed by atoms with Gasteiger partial charge in [-0.2, -0.15) is 0 Å². The molecule has 2 heterocycles. The van der Waals surface area contributed by atoms with Crippen molar-refractivity contribution in [1.29, 1.82) is 0 Å². The quantitative estimate of drug-likeness (QED) is 0.590. The molecule has 1 atom stereocenters. The van der Waals surface area contributed by atoms with Gasteiger partial charge in [0.2, 0.25) is 0 Å². The number of aromatic amines is 1. The maximum atomic E-state index is 12.5. The van der Waals surface area contributed by atoms with Crippen LogP contribution in [0.1, 0.15) is 6.92 Å². The number of aromatic nitrogens is 2. The van der Waals surface area contributed by atoms with Crippen LogP contribution in [-0.2, 0) is 4.79 Å². The fourth-order valence-corrected chi connectivity index (χ4v) is 2.53. The maximum absolute atomic E-state index is 12.5. The van der Waals surface area contributed by atoms with Crippen molar-refractivity contribution in [1.82, 2.24) is 9.71 Å². The van der Waals surface area contributed by atoms with E-state index in [1.165, 1.54) is 4.90 Å². The van der Waals surface area contributed by atoms with E-state index in [2.05, 4.69) is 4.98 Å². The Morgan fingerprint density at radius 2 is 2.09 bits per heavy atom. The number of nitrogens with two attached hydrogens (primary N) is 1. The van der Waals surface area contributed by atoms with Crippen molar-refractivity contribution in [3.05, 3.63) is 62.5 Å². The first kappa shape index (κ1) is 14.1. The molecule has 8 nitrogen and oxygen atoms in total. The Hall–Kier alpha value is -2.87. The molecule has 0 radical (unpaired) electrons. The van der Waals surface area contributed by atoms with Gasteiger partial charge in [-0.05, 0) is 18.6 Å². The average molecular weight is 302 g/mol. The number of hydrogen-bond acceptors (Lipinski definition) is 5. The van der Waals surface area contributed by atoms with Gasteiger partial charge in [-0.15, -0.1) is 0 Å². The van der Waals surface area contributed by atoms with Crippen molar-refractivity contribution in [2.75, 3.05) is 11.4 Å². The number of allylic oxidation sites excluding steroid dienone is 2. The van der Waals surface area contributed by atoms with Gasteiger partial charge in [-0.25, -0.2) is 4.79 Å². The van der Waals surface area contributed by atoms with Gasteiger partial charge in [0.1, 0.15) is 5.69 Å². The molecule has 1 aromatic heterocycles. The third-order valence-electron chi connectivity index (χ3n) is 3.58. The summed E-state index contributed by atoms with van der Waals surface area (Å²) in [4.78, 5) is 39.0. The predicted molar refractivity (Wildman–Crippen MR) is 78.8 cm³/mol. The Labute approximate surface area is 124 Å². The van der Waals surface area contributed by atoms with Crippen LogP contribution in [0.2, 0.25) is 0 Å². The lowest BCUT2D eigenvalue weighted by molar-refractivity contribution is -0.114. The van der Waals surface area contributed by atoms with Gasteiger partial charge in [0.25, 0.3) is 5.91 Å². The zero-order valence-electron chi connectivity index (χ0n) is 11.7. The number of carbonyl (C=O) groups is 1. The third kappa shape index (κ3) is 2.09. The first-order valence-corrected chi connectivity index (χ1v) is 6.56. The molecule has 1 aliphatic carbocycles. The number of hydrogen-bond donors (Lipinski definition) is 3. The lowest BCUT2D eigenvalue weighted by Gasteiger charge is -2.16. The van der Waals surface area contributed by atoms with Crippen LogP contribution in [-0.4, -0.2) is 32.9 Å². The van der Waals surface area contributed by atoms with Gasteiger partial charge in [0.15, 0.2) is 0 Å². The molecule has 0 aromatic carbocycles. The molecule has 0 bridgehead atoms. The number of nitrogens with one attached hydrogen (secondary N) is 1. The van der Waals surface area contributed by atoms with Gasteiger partial charge in [-0.1, -0.05) is 23.0 Å². The monoisotopic (exact) mass is 302 g/mol. The Morgan fingerprint density at radius 3 is 2.82 bits per heavy atom. The van der Waals surface area contributed by atoms with E-state index in [0.717, 1.165) is 6.20 Å². The first-order valence-electron chi connectivity index (χ1n) is 6.56. The van der Waals surface area contributed by atoms with Gasteiger partial charge in [0.05, 0.1) is 12.1 Å². The number of anilines is 1. The predicted octanol–water partition coefficient (Wildman–Crippen LogP) is -0.739. The van der Waals surface area contributed by atoms with E-state index in [1.807, 2.05) is 0 Å². The fourth-order valence-electron chi connectivity index (χ4n) is 2.53. The zero-order chi connectivity index (χ0) is 16.1. The summed E-state index contributed by atoms with van der Waals surface area (Å²) in [6.07, 6.45) is 7.96. The van der Waals surface area contributed by atoms with Crippen molar-refractivity contribution >= 4 is 11.6 Å². The molecule has 22 heavy (non-hydrogen) atoms. The highest BCUT2D eigenvalue weighted by Gasteiger charge is 2.35. The van der Waals surface area contributed by atoms with Crippen LogP contribution in [0.4, 0.5) is 5.69 Å². The molecule has 1 aromatic rings. The molecule has 4 N–H and O–H groups in total. The van der Waals surface area contributed by atoms with E-state index in [9.17, 15) is 19.6 Å². The Balaban J connectivity index is 2.10. The molecule has 1 amide bonds. The molecule has 1 fully saturated rings. The number of carbonyl (C=O) groups excluding carboxylic acids is 1. The minimum atomic E-state index is -0.967. The van der Waals surface area contributed by atoms with Gasteiger partial charge >= 0.3 is 11.2 Å². The van der Waals surface area contributed by atoms with Crippen molar-refractivity contribution in [3.63, 3.8) is 0 Å². The summed E-state index contributed by atoms with van der Waals surface area (Å²) in [6, 6.07) is 0. The molecule has 1 aliphatic heterocycles. The standard InChI is InChI=1S/C14H14N4O4/c1-14(15)4-2-3-9-8(5-14)7-17(11(9)19)10-6-16-13(21)18(22)12(10)20/h2-6,22H,7,15H2,1H3,(H,16,21). The Bertz CT molecular complexity index is 870. The van der Waals surface area contributed by atoms with Crippen LogP contribution in [0, 0.1) is 0 Å². The summed E-state index contributed by atoms with van der Waals surface area (Å²) in [6.45, 7) is 1.93. The fraction of sp³-hybridized carbons (Fsp3) is 0.214. The van der Waals surface area contributed by atoms with Crippen LogP contribution in [0.15, 0.2) is 51.2 Å². The third-order valence-corrected chi connectivity index (χ3v) is 3.58.